The number of carbonyl (C=O) groups is 2. The molecule has 0 aliphatic rings. The highest BCUT2D eigenvalue weighted by atomic mass is 32.2. The fraction of sp³-hybridized carbons (Fsp3) is 0.417. The monoisotopic (exact) mass is 460 g/mol. The molecule has 174 valence electrons. The van der Waals surface area contributed by atoms with Gasteiger partial charge in [-0.1, -0.05) is 29.8 Å². The van der Waals surface area contributed by atoms with Gasteiger partial charge in [-0.3, -0.25) is 9.59 Å². The van der Waals surface area contributed by atoms with Gasteiger partial charge in [-0.2, -0.15) is 0 Å². The van der Waals surface area contributed by atoms with Crippen molar-refractivity contribution in [3.8, 4) is 0 Å². The Kier molecular flexibility index (Phi) is 8.58. The van der Waals surface area contributed by atoms with E-state index in [1.807, 2.05) is 52.0 Å². The summed E-state index contributed by atoms with van der Waals surface area (Å²) in [7, 11) is -3.79. The van der Waals surface area contributed by atoms with Crippen molar-refractivity contribution in [3.63, 3.8) is 0 Å². The average molecular weight is 461 g/mol. The van der Waals surface area contributed by atoms with Gasteiger partial charge in [0.25, 0.3) is 5.91 Å². The van der Waals surface area contributed by atoms with Gasteiger partial charge in [-0.25, -0.2) is 13.1 Å². The molecule has 0 heterocycles. The maximum absolute atomic E-state index is 12.9. The van der Waals surface area contributed by atoms with E-state index in [1.54, 1.807) is 13.8 Å². The van der Waals surface area contributed by atoms with E-state index in [0.29, 0.717) is 17.7 Å². The molecule has 0 bridgehead atoms. The van der Waals surface area contributed by atoms with Crippen molar-refractivity contribution < 1.29 is 22.7 Å². The highest BCUT2D eigenvalue weighted by Gasteiger charge is 2.23. The maximum atomic E-state index is 12.9. The van der Waals surface area contributed by atoms with Crippen molar-refractivity contribution in [2.45, 2.75) is 59.4 Å². The van der Waals surface area contributed by atoms with Crippen LogP contribution in [0.25, 0.3) is 0 Å². The first-order valence-corrected chi connectivity index (χ1v) is 12.0. The number of nitrogens with one attached hydrogen (secondary N) is 2. The SMILES string of the molecule is Cc1ccc(CNC(=O)COC(=O)CCNS(=O)(=O)c2c(C)c(C)c(C)c(C)c2C)cc1. The first-order chi connectivity index (χ1) is 14.9. The normalized spacial score (nSPS) is 11.3. The molecule has 7 nitrogen and oxygen atoms in total. The Labute approximate surface area is 190 Å². The lowest BCUT2D eigenvalue weighted by Gasteiger charge is -2.19. The number of sulfonamides is 1. The predicted octanol–water partition coefficient (Wildman–Crippen LogP) is 3.07. The minimum Gasteiger partial charge on any atom is -0.456 e. The molecule has 0 aliphatic carbocycles. The molecular formula is C24H32N2O5S. The molecule has 0 saturated carbocycles. The lowest BCUT2D eigenvalue weighted by Crippen LogP contribution is -2.31. The Balaban J connectivity index is 1.83. The first-order valence-electron chi connectivity index (χ1n) is 10.5. The van der Waals surface area contributed by atoms with Gasteiger partial charge in [0.05, 0.1) is 11.3 Å². The van der Waals surface area contributed by atoms with Crippen LogP contribution in [-0.2, 0) is 30.9 Å². The smallest absolute Gasteiger partial charge is 0.307 e. The van der Waals surface area contributed by atoms with E-state index < -0.39 is 28.5 Å². The molecule has 8 heteroatoms. The molecular weight excluding hydrogens is 428 g/mol. The van der Waals surface area contributed by atoms with Crippen LogP contribution in [0.5, 0.6) is 0 Å². The number of rotatable bonds is 9. The number of ether oxygens (including phenoxy) is 1. The van der Waals surface area contributed by atoms with Crippen molar-refractivity contribution in [3.05, 3.63) is 63.2 Å². The molecule has 32 heavy (non-hydrogen) atoms. The summed E-state index contributed by atoms with van der Waals surface area (Å²) < 4.78 is 33.1. The summed E-state index contributed by atoms with van der Waals surface area (Å²) in [6, 6.07) is 7.72. The molecule has 2 rings (SSSR count). The maximum Gasteiger partial charge on any atom is 0.307 e. The molecule has 0 fully saturated rings. The zero-order valence-corrected chi connectivity index (χ0v) is 20.4. The third-order valence-corrected chi connectivity index (χ3v) is 7.53. The van der Waals surface area contributed by atoms with E-state index in [2.05, 4.69) is 10.0 Å². The van der Waals surface area contributed by atoms with Crippen molar-refractivity contribution in [1.82, 2.24) is 10.0 Å². The van der Waals surface area contributed by atoms with E-state index in [4.69, 9.17) is 4.74 Å². The van der Waals surface area contributed by atoms with Crippen molar-refractivity contribution in [2.24, 2.45) is 0 Å². The first kappa shape index (κ1) is 25.5. The van der Waals surface area contributed by atoms with Crippen molar-refractivity contribution in [2.75, 3.05) is 13.2 Å². The fourth-order valence-corrected chi connectivity index (χ4v) is 5.03. The summed E-state index contributed by atoms with van der Waals surface area (Å²) in [6.07, 6.45) is -0.174. The predicted molar refractivity (Wildman–Crippen MR) is 124 cm³/mol. The van der Waals surface area contributed by atoms with Gasteiger partial charge in [0.15, 0.2) is 6.61 Å². The van der Waals surface area contributed by atoms with Crippen LogP contribution in [0.15, 0.2) is 29.2 Å². The number of amides is 1. The number of esters is 1. The molecule has 0 unspecified atom stereocenters. The van der Waals surface area contributed by atoms with Gasteiger partial charge in [-0.05, 0) is 74.9 Å². The third-order valence-electron chi connectivity index (χ3n) is 5.80. The van der Waals surface area contributed by atoms with E-state index in [-0.39, 0.29) is 17.9 Å². The standard InChI is InChI=1S/C24H32N2O5S/c1-15-7-9-21(10-8-15)13-25-22(27)14-31-23(28)11-12-26-32(29,30)24-19(5)17(3)16(2)18(4)20(24)6/h7-10,26H,11-14H2,1-6H3,(H,25,27). The van der Waals surface area contributed by atoms with Crippen molar-refractivity contribution >= 4 is 21.9 Å². The summed E-state index contributed by atoms with van der Waals surface area (Å²) >= 11 is 0. The third kappa shape index (κ3) is 6.40. The minimum absolute atomic E-state index is 0.114. The molecule has 2 aromatic carbocycles. The van der Waals surface area contributed by atoms with Gasteiger partial charge in [0, 0.05) is 13.1 Å². The highest BCUT2D eigenvalue weighted by Crippen LogP contribution is 2.29. The molecule has 0 aliphatic heterocycles. The van der Waals surface area contributed by atoms with Crippen LogP contribution in [0.1, 0.15) is 45.4 Å². The summed E-state index contributed by atoms with van der Waals surface area (Å²) in [5.41, 5.74) is 6.41. The zero-order valence-electron chi connectivity index (χ0n) is 19.6. The van der Waals surface area contributed by atoms with Gasteiger partial charge >= 0.3 is 5.97 Å². The molecule has 0 radical (unpaired) electrons. The Bertz CT molecular complexity index is 1080. The second-order valence-electron chi connectivity index (χ2n) is 8.02. The van der Waals surface area contributed by atoms with Crippen LogP contribution in [0, 0.1) is 41.5 Å². The molecule has 0 spiro atoms. The van der Waals surface area contributed by atoms with Gasteiger partial charge in [0.1, 0.15) is 0 Å². The molecule has 2 N–H and O–H groups in total. The van der Waals surface area contributed by atoms with Crippen LogP contribution in [-0.4, -0.2) is 33.4 Å². The molecule has 0 saturated heterocycles. The van der Waals surface area contributed by atoms with Gasteiger partial charge < -0.3 is 10.1 Å². The summed E-state index contributed by atoms with van der Waals surface area (Å²) in [5.74, 6) is -1.07. The largest absolute Gasteiger partial charge is 0.456 e. The Morgan fingerprint density at radius 2 is 1.38 bits per heavy atom. The Morgan fingerprint density at radius 1 is 0.844 bits per heavy atom. The fourth-order valence-electron chi connectivity index (χ4n) is 3.40. The quantitative estimate of drug-likeness (QED) is 0.560. The van der Waals surface area contributed by atoms with Crippen LogP contribution in [0.2, 0.25) is 0 Å². The average Bonchev–Trinajstić information content (AvgIpc) is 2.74. The minimum atomic E-state index is -3.79. The molecule has 2 aromatic rings. The second kappa shape index (κ2) is 10.7. The van der Waals surface area contributed by atoms with E-state index in [0.717, 1.165) is 27.8 Å². The molecule has 0 atom stereocenters. The van der Waals surface area contributed by atoms with E-state index >= 15 is 0 Å². The van der Waals surface area contributed by atoms with Gasteiger partial charge in [0.2, 0.25) is 10.0 Å². The number of hydrogen-bond acceptors (Lipinski definition) is 5. The molecule has 1 amide bonds. The number of carbonyl (C=O) groups excluding carboxylic acids is 2. The highest BCUT2D eigenvalue weighted by molar-refractivity contribution is 7.89. The van der Waals surface area contributed by atoms with Crippen LogP contribution >= 0.6 is 0 Å². The van der Waals surface area contributed by atoms with E-state index in [1.165, 1.54) is 0 Å². The van der Waals surface area contributed by atoms with Crippen LogP contribution in [0.3, 0.4) is 0 Å². The van der Waals surface area contributed by atoms with Crippen LogP contribution in [0.4, 0.5) is 0 Å². The van der Waals surface area contributed by atoms with E-state index in [9.17, 15) is 18.0 Å². The Morgan fingerprint density at radius 3 is 1.94 bits per heavy atom. The number of hydrogen-bond donors (Lipinski definition) is 2. The number of benzene rings is 2. The summed E-state index contributed by atoms with van der Waals surface area (Å²) in [4.78, 5) is 24.1. The second-order valence-corrected chi connectivity index (χ2v) is 9.73. The summed E-state index contributed by atoms with van der Waals surface area (Å²) in [5, 5.41) is 2.68. The number of aryl methyl sites for hydroxylation is 1. The lowest BCUT2D eigenvalue weighted by molar-refractivity contribution is -0.148. The summed E-state index contributed by atoms with van der Waals surface area (Å²) in [6.45, 7) is 11.1. The lowest BCUT2D eigenvalue weighted by atomic mass is 9.95. The zero-order chi connectivity index (χ0) is 24.1. The topological polar surface area (TPSA) is 102 Å². The van der Waals surface area contributed by atoms with Crippen LogP contribution < -0.4 is 10.0 Å². The van der Waals surface area contributed by atoms with Gasteiger partial charge in [-0.15, -0.1) is 0 Å². The van der Waals surface area contributed by atoms with Crippen molar-refractivity contribution in [1.29, 1.82) is 0 Å². The molecule has 0 aromatic heterocycles. The Hall–Kier alpha value is -2.71.